The summed E-state index contributed by atoms with van der Waals surface area (Å²) in [5, 5.41) is 15.9. The fourth-order valence-corrected chi connectivity index (χ4v) is 2.14. The summed E-state index contributed by atoms with van der Waals surface area (Å²) in [7, 11) is 0. The van der Waals surface area contributed by atoms with Gasteiger partial charge in [0.2, 0.25) is 0 Å². The number of anilines is 1. The number of rotatable bonds is 4. The zero-order chi connectivity index (χ0) is 13.2. The Bertz CT molecular complexity index is 682. The summed E-state index contributed by atoms with van der Waals surface area (Å²) in [6.07, 6.45) is 5.83. The molecule has 0 saturated heterocycles. The Labute approximate surface area is 111 Å². The fraction of sp³-hybridized carbons (Fsp3) is 0.286. The Morgan fingerprint density at radius 1 is 1.37 bits per heavy atom. The number of aromatic nitrogens is 4. The van der Waals surface area contributed by atoms with Gasteiger partial charge in [-0.25, -0.2) is 0 Å². The van der Waals surface area contributed by atoms with E-state index in [1.54, 1.807) is 0 Å². The van der Waals surface area contributed by atoms with Gasteiger partial charge in [-0.1, -0.05) is 0 Å². The van der Waals surface area contributed by atoms with E-state index in [2.05, 4.69) is 52.8 Å². The normalized spacial score (nSPS) is 12.7. The van der Waals surface area contributed by atoms with Crippen LogP contribution in [0.1, 0.15) is 25.5 Å². The zero-order valence-electron chi connectivity index (χ0n) is 11.1. The molecule has 19 heavy (non-hydrogen) atoms. The molecule has 0 bridgehead atoms. The number of aryl methyl sites for hydroxylation is 1. The van der Waals surface area contributed by atoms with Gasteiger partial charge < -0.3 is 5.32 Å². The summed E-state index contributed by atoms with van der Waals surface area (Å²) in [5.41, 5.74) is 3.33. The topological polar surface area (TPSA) is 58.5 Å². The van der Waals surface area contributed by atoms with Crippen molar-refractivity contribution in [2.75, 3.05) is 5.32 Å². The number of hydrogen-bond donors (Lipinski definition) is 2. The maximum absolute atomic E-state index is 4.30. The summed E-state index contributed by atoms with van der Waals surface area (Å²) in [6, 6.07) is 6.41. The van der Waals surface area contributed by atoms with Crippen LogP contribution in [-0.2, 0) is 6.54 Å². The van der Waals surface area contributed by atoms with Gasteiger partial charge in [-0.05, 0) is 32.0 Å². The van der Waals surface area contributed by atoms with Gasteiger partial charge in [-0.2, -0.15) is 10.2 Å². The lowest BCUT2D eigenvalue weighted by Gasteiger charge is -2.13. The van der Waals surface area contributed by atoms with Gasteiger partial charge in [0.15, 0.2) is 0 Å². The van der Waals surface area contributed by atoms with Gasteiger partial charge in [0.1, 0.15) is 0 Å². The number of aromatic amines is 1. The van der Waals surface area contributed by atoms with Gasteiger partial charge in [0, 0.05) is 29.4 Å². The predicted octanol–water partition coefficient (Wildman–Crippen LogP) is 2.95. The second kappa shape index (κ2) is 4.76. The van der Waals surface area contributed by atoms with Crippen LogP contribution in [0.25, 0.3) is 10.9 Å². The van der Waals surface area contributed by atoms with E-state index < -0.39 is 0 Å². The quantitative estimate of drug-likeness (QED) is 0.753. The van der Waals surface area contributed by atoms with E-state index in [-0.39, 0.29) is 6.04 Å². The first-order valence-electron chi connectivity index (χ1n) is 6.48. The fourth-order valence-electron chi connectivity index (χ4n) is 2.14. The van der Waals surface area contributed by atoms with E-state index in [9.17, 15) is 0 Å². The SMILES string of the molecule is CCn1cc(C(C)Nc2ccc3[nH]ncc3c2)cn1. The average Bonchev–Trinajstić information content (AvgIpc) is 3.06. The van der Waals surface area contributed by atoms with Crippen LogP contribution in [-0.4, -0.2) is 20.0 Å². The van der Waals surface area contributed by atoms with E-state index in [0.29, 0.717) is 0 Å². The Balaban J connectivity index is 1.79. The number of H-pyrrole nitrogens is 1. The Morgan fingerprint density at radius 2 is 2.26 bits per heavy atom. The summed E-state index contributed by atoms with van der Waals surface area (Å²) in [4.78, 5) is 0. The lowest BCUT2D eigenvalue weighted by atomic mass is 10.1. The molecule has 0 aliphatic carbocycles. The molecule has 1 aromatic carbocycles. The molecule has 2 aromatic heterocycles. The number of fused-ring (bicyclic) bond motifs is 1. The molecule has 1 unspecified atom stereocenters. The molecule has 5 heteroatoms. The summed E-state index contributed by atoms with van der Waals surface area (Å²) in [5.74, 6) is 0. The highest BCUT2D eigenvalue weighted by molar-refractivity contribution is 5.81. The van der Waals surface area contributed by atoms with Crippen molar-refractivity contribution >= 4 is 16.6 Å². The van der Waals surface area contributed by atoms with Crippen molar-refractivity contribution in [1.29, 1.82) is 0 Å². The third-order valence-corrected chi connectivity index (χ3v) is 3.30. The van der Waals surface area contributed by atoms with E-state index >= 15 is 0 Å². The van der Waals surface area contributed by atoms with Crippen molar-refractivity contribution in [3.05, 3.63) is 42.4 Å². The molecule has 0 fully saturated rings. The number of nitrogens with zero attached hydrogens (tertiary/aromatic N) is 3. The van der Waals surface area contributed by atoms with Gasteiger partial charge in [-0.15, -0.1) is 0 Å². The lowest BCUT2D eigenvalue weighted by molar-refractivity contribution is 0.658. The van der Waals surface area contributed by atoms with Crippen molar-refractivity contribution in [3.63, 3.8) is 0 Å². The smallest absolute Gasteiger partial charge is 0.0651 e. The van der Waals surface area contributed by atoms with Crippen molar-refractivity contribution in [3.8, 4) is 0 Å². The highest BCUT2D eigenvalue weighted by atomic mass is 15.3. The third-order valence-electron chi connectivity index (χ3n) is 3.30. The number of hydrogen-bond acceptors (Lipinski definition) is 3. The van der Waals surface area contributed by atoms with Crippen molar-refractivity contribution in [2.45, 2.75) is 26.4 Å². The lowest BCUT2D eigenvalue weighted by Crippen LogP contribution is -2.05. The van der Waals surface area contributed by atoms with Crippen molar-refractivity contribution in [1.82, 2.24) is 20.0 Å². The highest BCUT2D eigenvalue weighted by Crippen LogP contribution is 2.22. The molecule has 0 saturated carbocycles. The minimum atomic E-state index is 0.227. The molecule has 0 radical (unpaired) electrons. The first-order chi connectivity index (χ1) is 9.26. The van der Waals surface area contributed by atoms with E-state index in [0.717, 1.165) is 23.1 Å². The first-order valence-corrected chi connectivity index (χ1v) is 6.48. The predicted molar refractivity (Wildman–Crippen MR) is 76.0 cm³/mol. The van der Waals surface area contributed by atoms with E-state index in [1.807, 2.05) is 23.1 Å². The minimum Gasteiger partial charge on any atom is -0.378 e. The summed E-state index contributed by atoms with van der Waals surface area (Å²) >= 11 is 0. The monoisotopic (exact) mass is 255 g/mol. The molecule has 2 N–H and O–H groups in total. The maximum atomic E-state index is 4.30. The van der Waals surface area contributed by atoms with E-state index in [4.69, 9.17) is 0 Å². The van der Waals surface area contributed by atoms with Crippen LogP contribution in [0.3, 0.4) is 0 Å². The molecule has 5 nitrogen and oxygen atoms in total. The second-order valence-corrected chi connectivity index (χ2v) is 4.67. The Morgan fingerprint density at radius 3 is 3.05 bits per heavy atom. The van der Waals surface area contributed by atoms with E-state index in [1.165, 1.54) is 5.56 Å². The van der Waals surface area contributed by atoms with Crippen LogP contribution in [0.2, 0.25) is 0 Å². The second-order valence-electron chi connectivity index (χ2n) is 4.67. The van der Waals surface area contributed by atoms with Crippen LogP contribution in [0, 0.1) is 0 Å². The molecule has 2 heterocycles. The summed E-state index contributed by atoms with van der Waals surface area (Å²) < 4.78 is 1.94. The Hall–Kier alpha value is -2.30. The molecule has 0 amide bonds. The van der Waals surface area contributed by atoms with Crippen LogP contribution >= 0.6 is 0 Å². The maximum Gasteiger partial charge on any atom is 0.0651 e. The molecular formula is C14H17N5. The zero-order valence-corrected chi connectivity index (χ0v) is 11.1. The van der Waals surface area contributed by atoms with Gasteiger partial charge >= 0.3 is 0 Å². The number of benzene rings is 1. The van der Waals surface area contributed by atoms with Crippen molar-refractivity contribution < 1.29 is 0 Å². The minimum absolute atomic E-state index is 0.227. The van der Waals surface area contributed by atoms with Gasteiger partial charge in [0.25, 0.3) is 0 Å². The molecule has 98 valence electrons. The Kier molecular flexibility index (Phi) is 2.95. The van der Waals surface area contributed by atoms with Gasteiger partial charge in [0.05, 0.1) is 24.0 Å². The number of nitrogens with one attached hydrogen (secondary N) is 2. The van der Waals surface area contributed by atoms with Crippen LogP contribution in [0.5, 0.6) is 0 Å². The molecule has 3 rings (SSSR count). The molecule has 0 aliphatic heterocycles. The van der Waals surface area contributed by atoms with Crippen LogP contribution in [0.15, 0.2) is 36.8 Å². The van der Waals surface area contributed by atoms with Crippen molar-refractivity contribution in [2.24, 2.45) is 0 Å². The standard InChI is InChI=1S/C14H17N5/c1-3-19-9-12(8-16-19)10(2)17-13-4-5-14-11(6-13)7-15-18-14/h4-10,17H,3H2,1-2H3,(H,15,18). The molecule has 0 aliphatic rings. The summed E-state index contributed by atoms with van der Waals surface area (Å²) in [6.45, 7) is 5.12. The third kappa shape index (κ3) is 2.31. The molecular weight excluding hydrogens is 238 g/mol. The molecule has 1 atom stereocenters. The van der Waals surface area contributed by atoms with Crippen LogP contribution in [0.4, 0.5) is 5.69 Å². The average molecular weight is 255 g/mol. The van der Waals surface area contributed by atoms with Crippen LogP contribution < -0.4 is 5.32 Å². The molecule has 3 aromatic rings. The highest BCUT2D eigenvalue weighted by Gasteiger charge is 2.08. The first kappa shape index (κ1) is 11.8. The largest absolute Gasteiger partial charge is 0.378 e. The van der Waals surface area contributed by atoms with Gasteiger partial charge in [-0.3, -0.25) is 9.78 Å². The molecule has 0 spiro atoms.